The van der Waals surface area contributed by atoms with Crippen LogP contribution in [0.2, 0.25) is 0 Å². The van der Waals surface area contributed by atoms with Crippen molar-refractivity contribution in [2.45, 2.75) is 26.1 Å². The molecule has 4 N–H and O–H groups in total. The number of aliphatic hydroxyl groups is 2. The number of benzene rings is 3. The zero-order valence-corrected chi connectivity index (χ0v) is 21.3. The Morgan fingerprint density at radius 1 is 0.972 bits per heavy atom. The lowest BCUT2D eigenvalue weighted by atomic mass is 10.1. The first-order valence-electron chi connectivity index (χ1n) is 11.9. The van der Waals surface area contributed by atoms with Gasteiger partial charge in [0.15, 0.2) is 6.35 Å². The number of hydrogen-bond donors (Lipinski definition) is 4. The van der Waals surface area contributed by atoms with Crippen molar-refractivity contribution in [3.63, 3.8) is 0 Å². The normalized spacial score (nSPS) is 13.6. The van der Waals surface area contributed by atoms with E-state index < -0.39 is 13.5 Å². The summed E-state index contributed by atoms with van der Waals surface area (Å²) in [5.74, 6) is 1.10. The molecule has 0 saturated carbocycles. The predicted octanol–water partition coefficient (Wildman–Crippen LogP) is 3.43. The van der Waals surface area contributed by atoms with E-state index in [1.165, 1.54) is 6.07 Å². The van der Waals surface area contributed by atoms with Crippen molar-refractivity contribution in [1.29, 1.82) is 0 Å². The number of nitrogens with one attached hydrogen (secondary N) is 1. The molecule has 0 aromatic heterocycles. The third-order valence-corrected chi connectivity index (χ3v) is 7.68. The smallest absolute Gasteiger partial charge is 0.268 e. The Balaban J connectivity index is 1.38. The summed E-state index contributed by atoms with van der Waals surface area (Å²) in [6, 6.07) is 21.3. The average molecular weight is 516 g/mol. The van der Waals surface area contributed by atoms with Crippen LogP contribution in [-0.2, 0) is 22.1 Å². The van der Waals surface area contributed by atoms with E-state index in [1.807, 2.05) is 49.4 Å². The lowest BCUT2D eigenvalue weighted by molar-refractivity contribution is 0.106. The van der Waals surface area contributed by atoms with Crippen LogP contribution in [0.25, 0.3) is 0 Å². The number of aromatic hydroxyl groups is 1. The van der Waals surface area contributed by atoms with Crippen LogP contribution in [0, 0.1) is 0 Å². The van der Waals surface area contributed by atoms with Crippen LogP contribution in [-0.4, -0.2) is 54.1 Å². The first-order chi connectivity index (χ1) is 17.4. The number of rotatable bonds is 15. The number of phenols is 1. The van der Waals surface area contributed by atoms with Gasteiger partial charge in [-0.1, -0.05) is 30.3 Å². The highest BCUT2D eigenvalue weighted by molar-refractivity contribution is 7.66. The van der Waals surface area contributed by atoms with Crippen LogP contribution in [0.1, 0.15) is 18.1 Å². The molecule has 3 aromatic rings. The van der Waals surface area contributed by atoms with Gasteiger partial charge in [0.1, 0.15) is 30.0 Å². The molecule has 8 nitrogen and oxygen atoms in total. The molecule has 36 heavy (non-hydrogen) atoms. The molecule has 9 heteroatoms. The van der Waals surface area contributed by atoms with Crippen molar-refractivity contribution in [2.24, 2.45) is 0 Å². The molecule has 2 atom stereocenters. The third-order valence-electron chi connectivity index (χ3n) is 5.45. The second-order valence-corrected chi connectivity index (χ2v) is 10.6. The molecule has 0 aliphatic carbocycles. The molecule has 0 saturated heterocycles. The Labute approximate surface area is 211 Å². The first kappa shape index (κ1) is 27.7. The maximum Gasteiger partial charge on any atom is 0.268 e. The number of ether oxygens (including phenoxy) is 2. The molecule has 0 radical (unpaired) electrons. The molecule has 3 aromatic carbocycles. The van der Waals surface area contributed by atoms with Gasteiger partial charge in [-0.3, -0.25) is 4.57 Å². The molecule has 3 rings (SSSR count). The molecular formula is C27H34NO7P. The van der Waals surface area contributed by atoms with Crippen molar-refractivity contribution >= 4 is 12.7 Å². The zero-order valence-electron chi connectivity index (χ0n) is 20.4. The minimum Gasteiger partial charge on any atom is -0.508 e. The molecule has 194 valence electrons. The number of aliphatic hydroxyl groups excluding tert-OH is 2. The van der Waals surface area contributed by atoms with Crippen LogP contribution >= 0.6 is 7.37 Å². The largest absolute Gasteiger partial charge is 0.508 e. The van der Waals surface area contributed by atoms with E-state index >= 15 is 0 Å². The van der Waals surface area contributed by atoms with Crippen LogP contribution in [0.5, 0.6) is 17.2 Å². The number of hydrogen-bond acceptors (Lipinski definition) is 8. The molecular weight excluding hydrogens is 481 g/mol. The predicted molar refractivity (Wildman–Crippen MR) is 139 cm³/mol. The topological polar surface area (TPSA) is 117 Å². The molecule has 0 fully saturated rings. The van der Waals surface area contributed by atoms with Crippen LogP contribution in [0.3, 0.4) is 0 Å². The van der Waals surface area contributed by atoms with E-state index in [2.05, 4.69) is 5.32 Å². The summed E-state index contributed by atoms with van der Waals surface area (Å²) in [6.07, 6.45) is 0.0161. The lowest BCUT2D eigenvalue weighted by Crippen LogP contribution is -2.32. The highest BCUT2D eigenvalue weighted by Gasteiger charge is 2.26. The van der Waals surface area contributed by atoms with Crippen molar-refractivity contribution < 1.29 is 33.9 Å². The fourth-order valence-electron chi connectivity index (χ4n) is 3.49. The first-order valence-corrected chi connectivity index (χ1v) is 13.7. The lowest BCUT2D eigenvalue weighted by Gasteiger charge is -2.18. The van der Waals surface area contributed by atoms with Gasteiger partial charge in [0.2, 0.25) is 0 Å². The monoisotopic (exact) mass is 515 g/mol. The van der Waals surface area contributed by atoms with Gasteiger partial charge in [-0.2, -0.15) is 0 Å². The summed E-state index contributed by atoms with van der Waals surface area (Å²) in [6.45, 7) is 2.97. The van der Waals surface area contributed by atoms with Gasteiger partial charge in [-0.15, -0.1) is 0 Å². The summed E-state index contributed by atoms with van der Waals surface area (Å²) in [5.41, 5.74) is 1.47. The molecule has 1 unspecified atom stereocenters. The fourth-order valence-corrected chi connectivity index (χ4v) is 5.23. The molecule has 0 spiro atoms. The van der Waals surface area contributed by atoms with Gasteiger partial charge < -0.3 is 34.6 Å². The van der Waals surface area contributed by atoms with Crippen molar-refractivity contribution in [1.82, 2.24) is 5.32 Å². The van der Waals surface area contributed by atoms with E-state index in [1.54, 1.807) is 24.3 Å². The summed E-state index contributed by atoms with van der Waals surface area (Å²) in [5, 5.41) is 32.8. The van der Waals surface area contributed by atoms with Crippen molar-refractivity contribution in [3.8, 4) is 17.2 Å². The maximum absolute atomic E-state index is 13.2. The fraction of sp³-hybridized carbons (Fsp3) is 0.333. The Morgan fingerprint density at radius 2 is 1.69 bits per heavy atom. The Kier molecular flexibility index (Phi) is 10.8. The Hall–Kier alpha value is -2.87. The van der Waals surface area contributed by atoms with Gasteiger partial charge in [0.05, 0.1) is 13.2 Å². The van der Waals surface area contributed by atoms with Crippen molar-refractivity contribution in [2.75, 3.05) is 32.7 Å². The Morgan fingerprint density at radius 3 is 2.39 bits per heavy atom. The molecule has 0 aliphatic heterocycles. The van der Waals surface area contributed by atoms with E-state index in [0.29, 0.717) is 42.1 Å². The van der Waals surface area contributed by atoms with Gasteiger partial charge in [0.25, 0.3) is 7.37 Å². The summed E-state index contributed by atoms with van der Waals surface area (Å²) < 4.78 is 30.2. The molecule has 0 heterocycles. The van der Waals surface area contributed by atoms with Gasteiger partial charge in [-0.25, -0.2) is 0 Å². The highest BCUT2D eigenvalue weighted by Crippen LogP contribution is 2.45. The van der Waals surface area contributed by atoms with Crippen LogP contribution < -0.4 is 20.1 Å². The van der Waals surface area contributed by atoms with Crippen LogP contribution in [0.4, 0.5) is 0 Å². The van der Waals surface area contributed by atoms with Gasteiger partial charge in [0, 0.05) is 17.4 Å². The molecule has 0 bridgehead atoms. The maximum atomic E-state index is 13.2. The molecule has 0 aliphatic rings. The average Bonchev–Trinajstić information content (AvgIpc) is 2.91. The minimum atomic E-state index is -3.10. The second kappa shape index (κ2) is 14.0. The highest BCUT2D eigenvalue weighted by atomic mass is 31.2. The molecule has 0 amide bonds. The van der Waals surface area contributed by atoms with E-state index in [4.69, 9.17) is 14.0 Å². The third kappa shape index (κ3) is 8.36. The Bertz CT molecular complexity index is 1110. The van der Waals surface area contributed by atoms with E-state index in [0.717, 1.165) is 12.0 Å². The minimum absolute atomic E-state index is 0.00403. The van der Waals surface area contributed by atoms with Crippen LogP contribution in [0.15, 0.2) is 72.8 Å². The van der Waals surface area contributed by atoms with E-state index in [9.17, 15) is 19.9 Å². The quantitative estimate of drug-likeness (QED) is 0.180. The van der Waals surface area contributed by atoms with Gasteiger partial charge in [-0.05, 0) is 67.9 Å². The summed E-state index contributed by atoms with van der Waals surface area (Å²) in [7, 11) is -3.10. The SMILES string of the molecule is CCOP(=O)(COc1ccc(CCNC[C@@H](O)COc2ccc(O)c(CO)c2)cc1)c1ccccc1. The summed E-state index contributed by atoms with van der Waals surface area (Å²) >= 11 is 0. The zero-order chi connectivity index (χ0) is 25.8. The summed E-state index contributed by atoms with van der Waals surface area (Å²) in [4.78, 5) is 0. The van der Waals surface area contributed by atoms with E-state index in [-0.39, 0.29) is 25.3 Å². The van der Waals surface area contributed by atoms with Gasteiger partial charge >= 0.3 is 0 Å². The second-order valence-electron chi connectivity index (χ2n) is 8.21. The standard InChI is InChI=1S/C27H34NO7P/c1-2-35-36(32,26-6-4-3-5-7-26)20-34-24-10-8-21(9-11-24)14-15-28-17-23(30)19-33-25-12-13-27(31)22(16-25)18-29/h3-13,16,23,28-31H,2,14-15,17-20H2,1H3/t23-,36?/m1/s1. The van der Waals surface area contributed by atoms with Crippen molar-refractivity contribution in [3.05, 3.63) is 83.9 Å².